The van der Waals surface area contributed by atoms with E-state index in [1.54, 1.807) is 0 Å². The average Bonchev–Trinajstić information content (AvgIpc) is 2.20. The first-order valence-corrected chi connectivity index (χ1v) is 3.54. The predicted molar refractivity (Wildman–Crippen MR) is 35.5 cm³/mol. The minimum Gasteiger partial charge on any atom is -0.329 e. The summed E-state index contributed by atoms with van der Waals surface area (Å²) < 4.78 is 49.9. The number of likely N-dealkylation sites (tertiary alicyclic amines) is 1. The molecule has 1 saturated heterocycles. The van der Waals surface area contributed by atoms with Crippen LogP contribution in [0.2, 0.25) is 0 Å². The molecule has 0 aromatic carbocycles. The topological polar surface area (TPSA) is 46.3 Å². The van der Waals surface area contributed by atoms with Gasteiger partial charge < -0.3 is 10.6 Å². The average molecular weight is 200 g/mol. The SMILES string of the molecule is NCC(=O)N1CC(F)(F)C(F)(F)C1. The molecule has 1 rings (SSSR count). The molecule has 0 spiro atoms. The number of halogens is 4. The zero-order valence-corrected chi connectivity index (χ0v) is 6.57. The summed E-state index contributed by atoms with van der Waals surface area (Å²) in [6.45, 7) is -3.04. The largest absolute Gasteiger partial charge is 0.329 e. The minimum absolute atomic E-state index is 0.375. The molecule has 0 saturated carbocycles. The molecule has 1 aliphatic rings. The molecule has 1 aliphatic heterocycles. The summed E-state index contributed by atoms with van der Waals surface area (Å²) in [6.07, 6.45) is 0. The van der Waals surface area contributed by atoms with Crippen LogP contribution in [0, 0.1) is 0 Å². The van der Waals surface area contributed by atoms with Gasteiger partial charge in [-0.15, -0.1) is 0 Å². The Kier molecular flexibility index (Phi) is 2.23. The third kappa shape index (κ3) is 1.60. The number of amides is 1. The van der Waals surface area contributed by atoms with Gasteiger partial charge in [0.25, 0.3) is 0 Å². The molecule has 0 bridgehead atoms. The quantitative estimate of drug-likeness (QED) is 0.608. The van der Waals surface area contributed by atoms with Gasteiger partial charge >= 0.3 is 11.8 Å². The van der Waals surface area contributed by atoms with Gasteiger partial charge in [0.15, 0.2) is 0 Å². The van der Waals surface area contributed by atoms with E-state index in [2.05, 4.69) is 0 Å². The first-order chi connectivity index (χ1) is 5.80. The molecule has 0 aromatic rings. The van der Waals surface area contributed by atoms with Crippen molar-refractivity contribution in [3.63, 3.8) is 0 Å². The molecule has 0 unspecified atom stereocenters. The number of rotatable bonds is 1. The lowest BCUT2D eigenvalue weighted by Gasteiger charge is -2.14. The molecule has 2 N–H and O–H groups in total. The lowest BCUT2D eigenvalue weighted by Crippen LogP contribution is -2.38. The van der Waals surface area contributed by atoms with E-state index < -0.39 is 37.4 Å². The molecule has 1 heterocycles. The van der Waals surface area contributed by atoms with Crippen LogP contribution in [-0.4, -0.2) is 42.3 Å². The number of alkyl halides is 4. The Labute approximate surface area is 71.5 Å². The van der Waals surface area contributed by atoms with Gasteiger partial charge in [0.2, 0.25) is 5.91 Å². The lowest BCUT2D eigenvalue weighted by atomic mass is 10.2. The van der Waals surface area contributed by atoms with E-state index in [-0.39, 0.29) is 0 Å². The maximum atomic E-state index is 12.5. The molecule has 0 radical (unpaired) electrons. The monoisotopic (exact) mass is 200 g/mol. The van der Waals surface area contributed by atoms with E-state index in [0.29, 0.717) is 4.90 Å². The molecular weight excluding hydrogens is 192 g/mol. The maximum Gasteiger partial charge on any atom is 0.329 e. The highest BCUT2D eigenvalue weighted by atomic mass is 19.3. The van der Waals surface area contributed by atoms with Crippen molar-refractivity contribution in [2.24, 2.45) is 5.73 Å². The van der Waals surface area contributed by atoms with Crippen LogP contribution in [0.5, 0.6) is 0 Å². The van der Waals surface area contributed by atoms with Crippen LogP contribution in [0.3, 0.4) is 0 Å². The van der Waals surface area contributed by atoms with Crippen LogP contribution in [0.15, 0.2) is 0 Å². The maximum absolute atomic E-state index is 12.5. The first kappa shape index (κ1) is 10.2. The zero-order valence-electron chi connectivity index (χ0n) is 6.57. The van der Waals surface area contributed by atoms with E-state index in [1.807, 2.05) is 0 Å². The summed E-state index contributed by atoms with van der Waals surface area (Å²) in [5.41, 5.74) is 4.85. The van der Waals surface area contributed by atoms with E-state index in [1.165, 1.54) is 0 Å². The van der Waals surface area contributed by atoms with Gasteiger partial charge in [-0.05, 0) is 0 Å². The Hall–Kier alpha value is -0.850. The summed E-state index contributed by atoms with van der Waals surface area (Å²) in [7, 11) is 0. The van der Waals surface area contributed by atoms with Gasteiger partial charge in [-0.3, -0.25) is 4.79 Å². The van der Waals surface area contributed by atoms with Crippen LogP contribution in [0.25, 0.3) is 0 Å². The Morgan fingerprint density at radius 1 is 1.23 bits per heavy atom. The smallest absolute Gasteiger partial charge is 0.329 e. The minimum atomic E-state index is -4.14. The third-order valence-corrected chi connectivity index (χ3v) is 1.84. The number of hydrogen-bond donors (Lipinski definition) is 1. The summed E-state index contributed by atoms with van der Waals surface area (Å²) in [4.78, 5) is 11.1. The van der Waals surface area contributed by atoms with Crippen molar-refractivity contribution < 1.29 is 22.4 Å². The van der Waals surface area contributed by atoms with Gasteiger partial charge in [0.05, 0.1) is 19.6 Å². The van der Waals surface area contributed by atoms with E-state index in [4.69, 9.17) is 5.73 Å². The molecule has 0 atom stereocenters. The van der Waals surface area contributed by atoms with E-state index >= 15 is 0 Å². The number of carbonyl (C=O) groups is 1. The number of hydrogen-bond acceptors (Lipinski definition) is 2. The van der Waals surface area contributed by atoms with Crippen LogP contribution in [0.1, 0.15) is 0 Å². The van der Waals surface area contributed by atoms with Crippen LogP contribution in [0.4, 0.5) is 17.6 Å². The van der Waals surface area contributed by atoms with Crippen molar-refractivity contribution in [2.75, 3.05) is 19.6 Å². The van der Waals surface area contributed by atoms with Crippen molar-refractivity contribution in [2.45, 2.75) is 11.8 Å². The molecule has 0 aromatic heterocycles. The molecule has 7 heteroatoms. The van der Waals surface area contributed by atoms with Gasteiger partial charge in [0, 0.05) is 0 Å². The fraction of sp³-hybridized carbons (Fsp3) is 0.833. The summed E-state index contributed by atoms with van der Waals surface area (Å²) in [5, 5.41) is 0. The highest BCUT2D eigenvalue weighted by Gasteiger charge is 2.63. The number of carbonyl (C=O) groups excluding carboxylic acids is 1. The Balaban J connectivity index is 2.76. The predicted octanol–water partition coefficient (Wildman–Crippen LogP) is 0.0579. The molecule has 13 heavy (non-hydrogen) atoms. The van der Waals surface area contributed by atoms with Gasteiger partial charge in [-0.1, -0.05) is 0 Å². The van der Waals surface area contributed by atoms with Crippen LogP contribution >= 0.6 is 0 Å². The second-order valence-corrected chi connectivity index (χ2v) is 2.86. The highest BCUT2D eigenvalue weighted by Crippen LogP contribution is 2.40. The first-order valence-electron chi connectivity index (χ1n) is 3.54. The van der Waals surface area contributed by atoms with E-state index in [0.717, 1.165) is 0 Å². The van der Waals surface area contributed by atoms with Crippen molar-refractivity contribution in [1.82, 2.24) is 4.90 Å². The molecule has 3 nitrogen and oxygen atoms in total. The Bertz CT molecular complexity index is 215. The van der Waals surface area contributed by atoms with Crippen molar-refractivity contribution in [3.05, 3.63) is 0 Å². The Morgan fingerprint density at radius 2 is 1.62 bits per heavy atom. The second kappa shape index (κ2) is 2.83. The van der Waals surface area contributed by atoms with Crippen molar-refractivity contribution in [1.29, 1.82) is 0 Å². The van der Waals surface area contributed by atoms with Gasteiger partial charge in [-0.25, -0.2) is 0 Å². The van der Waals surface area contributed by atoms with Gasteiger partial charge in [-0.2, -0.15) is 17.6 Å². The zero-order chi connectivity index (χ0) is 10.3. The number of nitrogens with zero attached hydrogens (tertiary/aromatic N) is 1. The Morgan fingerprint density at radius 3 is 1.92 bits per heavy atom. The summed E-state index contributed by atoms with van der Waals surface area (Å²) in [6, 6.07) is 0. The third-order valence-electron chi connectivity index (χ3n) is 1.84. The standard InChI is InChI=1S/C6H8F4N2O/c7-5(8)2-12(4(13)1-11)3-6(5,9)10/h1-3,11H2. The van der Waals surface area contributed by atoms with Crippen LogP contribution in [-0.2, 0) is 4.79 Å². The fourth-order valence-electron chi connectivity index (χ4n) is 1.07. The van der Waals surface area contributed by atoms with E-state index in [9.17, 15) is 22.4 Å². The summed E-state index contributed by atoms with van der Waals surface area (Å²) >= 11 is 0. The lowest BCUT2D eigenvalue weighted by molar-refractivity contribution is -0.172. The molecular formula is C6H8F4N2O. The summed E-state index contributed by atoms with van der Waals surface area (Å²) in [5.74, 6) is -9.17. The molecule has 0 aliphatic carbocycles. The second-order valence-electron chi connectivity index (χ2n) is 2.86. The molecule has 1 amide bonds. The van der Waals surface area contributed by atoms with Gasteiger partial charge in [0.1, 0.15) is 0 Å². The fourth-order valence-corrected chi connectivity index (χ4v) is 1.07. The number of nitrogens with two attached hydrogens (primary N) is 1. The highest BCUT2D eigenvalue weighted by molar-refractivity contribution is 5.78. The van der Waals surface area contributed by atoms with Crippen molar-refractivity contribution in [3.8, 4) is 0 Å². The normalized spacial score (nSPS) is 24.8. The van der Waals surface area contributed by atoms with Crippen LogP contribution < -0.4 is 5.73 Å². The molecule has 1 fully saturated rings. The van der Waals surface area contributed by atoms with Crippen molar-refractivity contribution >= 4 is 5.91 Å². The molecule has 76 valence electrons.